The quantitative estimate of drug-likeness (QED) is 0.568. The number of hydrogen-bond acceptors (Lipinski definition) is 6. The van der Waals surface area contributed by atoms with Gasteiger partial charge in [-0.15, -0.1) is 0 Å². The van der Waals surface area contributed by atoms with Crippen LogP contribution in [0, 0.1) is 13.8 Å². The second-order valence-electron chi connectivity index (χ2n) is 7.51. The summed E-state index contributed by atoms with van der Waals surface area (Å²) in [6.07, 6.45) is 4.69. The van der Waals surface area contributed by atoms with Gasteiger partial charge in [0.05, 0.1) is 18.4 Å². The van der Waals surface area contributed by atoms with E-state index in [2.05, 4.69) is 21.5 Å². The van der Waals surface area contributed by atoms with Crippen LogP contribution in [0.25, 0.3) is 11.1 Å². The minimum Gasteiger partial charge on any atom is -0.490 e. The molecule has 0 bridgehead atoms. The van der Waals surface area contributed by atoms with E-state index in [-0.39, 0.29) is 11.8 Å². The van der Waals surface area contributed by atoms with Gasteiger partial charge in [0.2, 0.25) is 5.91 Å². The molecule has 0 saturated heterocycles. The first-order valence-electron chi connectivity index (χ1n) is 11.1. The molecule has 3 heterocycles. The number of carbonyl (C=O) groups excluding carboxylic acids is 2. The Morgan fingerprint density at radius 3 is 2.67 bits per heavy atom. The smallest absolute Gasteiger partial charge is 0.256 e. The predicted octanol–water partition coefficient (Wildman–Crippen LogP) is 4.10. The number of nitrogens with zero attached hydrogens (tertiary/aromatic N) is 3. The number of rotatable bonds is 6. The van der Waals surface area contributed by atoms with Crippen LogP contribution >= 0.6 is 0 Å². The molecule has 8 heteroatoms. The van der Waals surface area contributed by atoms with E-state index in [0.29, 0.717) is 42.3 Å². The first kappa shape index (κ1) is 24.0. The Hall–Kier alpha value is -3.68. The Kier molecular flexibility index (Phi) is 7.82. The van der Waals surface area contributed by atoms with Gasteiger partial charge in [-0.25, -0.2) is 0 Å². The Morgan fingerprint density at radius 2 is 1.94 bits per heavy atom. The van der Waals surface area contributed by atoms with Gasteiger partial charge in [0.15, 0.2) is 0 Å². The highest BCUT2D eigenvalue weighted by Crippen LogP contribution is 2.32. The largest absolute Gasteiger partial charge is 0.490 e. The van der Waals surface area contributed by atoms with E-state index >= 15 is 0 Å². The van der Waals surface area contributed by atoms with Crippen molar-refractivity contribution in [3.63, 3.8) is 0 Å². The molecule has 0 fully saturated rings. The van der Waals surface area contributed by atoms with Crippen LogP contribution < -0.4 is 15.0 Å². The Morgan fingerprint density at radius 1 is 1.15 bits per heavy atom. The first-order chi connectivity index (χ1) is 15.9. The van der Waals surface area contributed by atoms with Crippen molar-refractivity contribution < 1.29 is 18.8 Å². The predicted molar refractivity (Wildman–Crippen MR) is 127 cm³/mol. The van der Waals surface area contributed by atoms with Gasteiger partial charge in [-0.3, -0.25) is 14.6 Å². The number of fused-ring (bicyclic) bond motifs is 1. The van der Waals surface area contributed by atoms with Gasteiger partial charge in [0, 0.05) is 30.9 Å². The molecule has 3 aromatic rings. The van der Waals surface area contributed by atoms with Crippen molar-refractivity contribution in [2.45, 2.75) is 40.5 Å². The SMILES string of the molecule is CC.Cc1noc(C)c1C(=O)NCCOc1cncc(-c2ccc3c(c2)CCC(=O)N3C)c1. The molecule has 2 amide bonds. The summed E-state index contributed by atoms with van der Waals surface area (Å²) >= 11 is 0. The Bertz CT molecular complexity index is 1120. The van der Waals surface area contributed by atoms with Gasteiger partial charge < -0.3 is 19.5 Å². The average molecular weight is 451 g/mol. The van der Waals surface area contributed by atoms with E-state index in [4.69, 9.17) is 9.26 Å². The van der Waals surface area contributed by atoms with E-state index < -0.39 is 0 Å². The van der Waals surface area contributed by atoms with Gasteiger partial charge in [-0.2, -0.15) is 0 Å². The third kappa shape index (κ3) is 5.39. The van der Waals surface area contributed by atoms with Crippen molar-refractivity contribution in [1.29, 1.82) is 0 Å². The monoisotopic (exact) mass is 450 g/mol. The molecule has 1 N–H and O–H groups in total. The maximum atomic E-state index is 12.3. The molecule has 0 unspecified atom stereocenters. The Labute approximate surface area is 193 Å². The lowest BCUT2D eigenvalue weighted by Crippen LogP contribution is -2.30. The fourth-order valence-corrected chi connectivity index (χ4v) is 3.72. The zero-order valence-electron chi connectivity index (χ0n) is 19.8. The van der Waals surface area contributed by atoms with E-state index in [0.717, 1.165) is 28.8 Å². The summed E-state index contributed by atoms with van der Waals surface area (Å²) in [6.45, 7) is 8.08. The van der Waals surface area contributed by atoms with Crippen LogP contribution in [0.5, 0.6) is 5.75 Å². The highest BCUT2D eigenvalue weighted by Gasteiger charge is 2.21. The molecule has 0 radical (unpaired) electrons. The maximum absolute atomic E-state index is 12.3. The molecule has 1 aliphatic rings. The molecule has 4 rings (SSSR count). The summed E-state index contributed by atoms with van der Waals surface area (Å²) < 4.78 is 10.8. The number of hydrogen-bond donors (Lipinski definition) is 1. The molecule has 0 aliphatic carbocycles. The molecule has 1 aliphatic heterocycles. The van der Waals surface area contributed by atoms with Gasteiger partial charge in [-0.05, 0) is 49.6 Å². The second kappa shape index (κ2) is 10.8. The lowest BCUT2D eigenvalue weighted by atomic mass is 9.97. The number of aryl methyl sites for hydroxylation is 3. The van der Waals surface area contributed by atoms with E-state index in [1.54, 1.807) is 38.2 Å². The van der Waals surface area contributed by atoms with Crippen LogP contribution in [0.15, 0.2) is 41.2 Å². The minimum absolute atomic E-state index is 0.138. The topological polar surface area (TPSA) is 97.6 Å². The lowest BCUT2D eigenvalue weighted by Gasteiger charge is -2.26. The van der Waals surface area contributed by atoms with E-state index in [9.17, 15) is 9.59 Å². The summed E-state index contributed by atoms with van der Waals surface area (Å²) in [5.74, 6) is 1.02. The van der Waals surface area contributed by atoms with Crippen LogP contribution in [0.4, 0.5) is 5.69 Å². The highest BCUT2D eigenvalue weighted by atomic mass is 16.5. The molecule has 174 valence electrons. The number of benzene rings is 1. The van der Waals surface area contributed by atoms with Crippen LogP contribution in [0.2, 0.25) is 0 Å². The second-order valence-corrected chi connectivity index (χ2v) is 7.51. The third-order valence-corrected chi connectivity index (χ3v) is 5.39. The summed E-state index contributed by atoms with van der Waals surface area (Å²) in [5.41, 5.74) is 5.07. The third-order valence-electron chi connectivity index (χ3n) is 5.39. The summed E-state index contributed by atoms with van der Waals surface area (Å²) in [7, 11) is 1.81. The summed E-state index contributed by atoms with van der Waals surface area (Å²) in [5, 5.41) is 6.60. The molecule has 0 atom stereocenters. The highest BCUT2D eigenvalue weighted by molar-refractivity contribution is 5.96. The van der Waals surface area contributed by atoms with Gasteiger partial charge >= 0.3 is 0 Å². The number of aromatic nitrogens is 2. The molecular weight excluding hydrogens is 420 g/mol. The van der Waals surface area contributed by atoms with Crippen molar-refractivity contribution in [3.05, 3.63) is 59.2 Å². The molecular formula is C25H30N4O4. The van der Waals surface area contributed by atoms with Crippen molar-refractivity contribution >= 4 is 17.5 Å². The van der Waals surface area contributed by atoms with Crippen LogP contribution in [-0.4, -0.2) is 42.2 Å². The Balaban J connectivity index is 0.00000149. The molecule has 33 heavy (non-hydrogen) atoms. The van der Waals surface area contributed by atoms with Crippen LogP contribution in [-0.2, 0) is 11.2 Å². The van der Waals surface area contributed by atoms with E-state index in [1.165, 1.54) is 0 Å². The normalized spacial score (nSPS) is 12.5. The van der Waals surface area contributed by atoms with Crippen molar-refractivity contribution in [1.82, 2.24) is 15.5 Å². The molecule has 0 spiro atoms. The lowest BCUT2D eigenvalue weighted by molar-refractivity contribution is -0.118. The summed E-state index contributed by atoms with van der Waals surface area (Å²) in [6, 6.07) is 7.98. The maximum Gasteiger partial charge on any atom is 0.256 e. The fraction of sp³-hybridized carbons (Fsp3) is 0.360. The molecule has 1 aromatic carbocycles. The van der Waals surface area contributed by atoms with Crippen molar-refractivity contribution in [2.24, 2.45) is 0 Å². The van der Waals surface area contributed by atoms with Gasteiger partial charge in [0.1, 0.15) is 23.7 Å². The van der Waals surface area contributed by atoms with Crippen molar-refractivity contribution in [2.75, 3.05) is 25.1 Å². The zero-order chi connectivity index (χ0) is 24.0. The number of ether oxygens (including phenoxy) is 1. The van der Waals surface area contributed by atoms with E-state index in [1.807, 2.05) is 32.0 Å². The molecule has 8 nitrogen and oxygen atoms in total. The fourth-order valence-electron chi connectivity index (χ4n) is 3.72. The number of nitrogens with one attached hydrogen (secondary N) is 1. The van der Waals surface area contributed by atoms with Gasteiger partial charge in [0.25, 0.3) is 5.91 Å². The number of pyridine rings is 1. The number of anilines is 1. The zero-order valence-corrected chi connectivity index (χ0v) is 19.8. The van der Waals surface area contributed by atoms with Crippen molar-refractivity contribution in [3.8, 4) is 16.9 Å². The number of amides is 2. The van der Waals surface area contributed by atoms with Crippen LogP contribution in [0.1, 0.15) is 47.6 Å². The number of carbonyl (C=O) groups is 2. The molecule has 2 aromatic heterocycles. The first-order valence-corrected chi connectivity index (χ1v) is 11.1. The van der Waals surface area contributed by atoms with Crippen LogP contribution in [0.3, 0.4) is 0 Å². The summed E-state index contributed by atoms with van der Waals surface area (Å²) in [4.78, 5) is 30.1. The van der Waals surface area contributed by atoms with Gasteiger partial charge in [-0.1, -0.05) is 25.1 Å². The average Bonchev–Trinajstić information content (AvgIpc) is 3.18. The molecule has 0 saturated carbocycles. The minimum atomic E-state index is -0.232. The standard InChI is InChI=1S/C23H24N4O4.C2H6/c1-14-22(15(2)31-26-14)23(29)25-8-9-30-19-11-18(12-24-13-19)16-4-6-20-17(10-16)5-7-21(28)27(20)3;1-2/h4,6,10-13H,5,7-9H2,1-3H3,(H,25,29);1-2H3.